The third-order valence-electron chi connectivity index (χ3n) is 3.16. The van der Waals surface area contributed by atoms with E-state index in [1.807, 2.05) is 6.92 Å². The Morgan fingerprint density at radius 3 is 2.77 bits per heavy atom. The van der Waals surface area contributed by atoms with Crippen LogP contribution >= 0.6 is 0 Å². The van der Waals surface area contributed by atoms with E-state index in [-0.39, 0.29) is 18.9 Å². The van der Waals surface area contributed by atoms with Crippen LogP contribution < -0.4 is 16.0 Å². The van der Waals surface area contributed by atoms with Gasteiger partial charge in [0.15, 0.2) is 0 Å². The summed E-state index contributed by atoms with van der Waals surface area (Å²) in [5.41, 5.74) is 0. The summed E-state index contributed by atoms with van der Waals surface area (Å²) in [6, 6.07) is -1.34. The number of ether oxygens (including phenoxy) is 1. The largest absolute Gasteiger partial charge is 0.469 e. The van der Waals surface area contributed by atoms with Gasteiger partial charge in [0.1, 0.15) is 6.04 Å². The van der Waals surface area contributed by atoms with Gasteiger partial charge in [0.25, 0.3) is 0 Å². The average molecular weight is 314 g/mol. The lowest BCUT2D eigenvalue weighted by atomic mass is 10.1. The van der Waals surface area contributed by atoms with Crippen molar-refractivity contribution in [3.05, 3.63) is 0 Å². The first-order valence-electron chi connectivity index (χ1n) is 7.14. The fraction of sp³-hybridized carbons (Fsp3) is 0.692. The number of urea groups is 1. The number of amides is 4. The summed E-state index contributed by atoms with van der Waals surface area (Å²) in [7, 11) is 1.23. The summed E-state index contributed by atoms with van der Waals surface area (Å²) < 4.78 is 4.55. The highest BCUT2D eigenvalue weighted by Gasteiger charge is 2.33. The predicted octanol–water partition coefficient (Wildman–Crippen LogP) is -1.41. The van der Waals surface area contributed by atoms with Crippen LogP contribution in [0, 0.1) is 0 Å². The highest BCUT2D eigenvalue weighted by Crippen LogP contribution is 2.09. The Labute approximate surface area is 128 Å². The smallest absolute Gasteiger partial charge is 0.321 e. The number of esters is 1. The van der Waals surface area contributed by atoms with E-state index in [9.17, 15) is 19.2 Å². The highest BCUT2D eigenvalue weighted by atomic mass is 16.5. The third kappa shape index (κ3) is 5.68. The lowest BCUT2D eigenvalue weighted by Gasteiger charge is -2.33. The van der Waals surface area contributed by atoms with E-state index < -0.39 is 23.9 Å². The number of carbonyl (C=O) groups excluding carboxylic acids is 4. The second-order valence-electron chi connectivity index (χ2n) is 4.86. The molecule has 0 aliphatic carbocycles. The first-order chi connectivity index (χ1) is 10.5. The molecule has 0 radical (unpaired) electrons. The molecule has 1 aliphatic heterocycles. The fourth-order valence-electron chi connectivity index (χ4n) is 2.05. The molecule has 124 valence electrons. The molecule has 0 bridgehead atoms. The van der Waals surface area contributed by atoms with Crippen molar-refractivity contribution in [3.63, 3.8) is 0 Å². The SMILES string of the molecule is CCCNC(=O)NC(=O)CN1CCNC(=O)[C@@H]1CC(=O)OC. The summed E-state index contributed by atoms with van der Waals surface area (Å²) >= 11 is 0. The Morgan fingerprint density at radius 2 is 2.14 bits per heavy atom. The van der Waals surface area contributed by atoms with Gasteiger partial charge in [0.05, 0.1) is 20.1 Å². The van der Waals surface area contributed by atoms with Gasteiger partial charge in [-0.3, -0.25) is 24.6 Å². The molecule has 0 spiro atoms. The Morgan fingerprint density at radius 1 is 1.41 bits per heavy atom. The molecule has 9 heteroatoms. The maximum absolute atomic E-state index is 11.8. The minimum atomic E-state index is -0.773. The molecule has 1 heterocycles. The first kappa shape index (κ1) is 17.9. The molecule has 0 unspecified atom stereocenters. The number of imide groups is 1. The van der Waals surface area contributed by atoms with Gasteiger partial charge in [-0.2, -0.15) is 0 Å². The van der Waals surface area contributed by atoms with Crippen molar-refractivity contribution in [1.82, 2.24) is 20.9 Å². The van der Waals surface area contributed by atoms with Crippen LogP contribution in [-0.2, 0) is 19.1 Å². The number of hydrogen-bond donors (Lipinski definition) is 3. The summed E-state index contributed by atoms with van der Waals surface area (Å²) in [5.74, 6) is -1.40. The fourth-order valence-corrected chi connectivity index (χ4v) is 2.05. The van der Waals surface area contributed by atoms with Gasteiger partial charge in [-0.25, -0.2) is 4.79 Å². The van der Waals surface area contributed by atoms with Crippen LogP contribution in [-0.4, -0.2) is 68.0 Å². The van der Waals surface area contributed by atoms with Crippen molar-refractivity contribution >= 4 is 23.8 Å². The van der Waals surface area contributed by atoms with Crippen molar-refractivity contribution in [2.45, 2.75) is 25.8 Å². The van der Waals surface area contributed by atoms with Gasteiger partial charge < -0.3 is 15.4 Å². The van der Waals surface area contributed by atoms with Gasteiger partial charge in [0, 0.05) is 19.6 Å². The standard InChI is InChI=1S/C13H22N4O5/c1-3-4-15-13(21)16-10(18)8-17-6-5-14-12(20)9(17)7-11(19)22-2/h9H,3-8H2,1-2H3,(H,14,20)(H2,15,16,18,21)/t9-/m0/s1. The minimum Gasteiger partial charge on any atom is -0.469 e. The van der Waals surface area contributed by atoms with Gasteiger partial charge >= 0.3 is 12.0 Å². The molecule has 3 N–H and O–H groups in total. The maximum Gasteiger partial charge on any atom is 0.321 e. The van der Waals surface area contributed by atoms with Crippen LogP contribution in [0.5, 0.6) is 0 Å². The summed E-state index contributed by atoms with van der Waals surface area (Å²) in [5, 5.41) is 7.34. The maximum atomic E-state index is 11.8. The van der Waals surface area contributed by atoms with Crippen LogP contribution in [0.4, 0.5) is 4.79 Å². The van der Waals surface area contributed by atoms with E-state index in [2.05, 4.69) is 20.7 Å². The molecule has 0 saturated carbocycles. The number of rotatable bonds is 6. The zero-order valence-corrected chi connectivity index (χ0v) is 12.8. The quantitative estimate of drug-likeness (QED) is 0.518. The predicted molar refractivity (Wildman–Crippen MR) is 76.8 cm³/mol. The van der Waals surface area contributed by atoms with E-state index in [0.29, 0.717) is 19.6 Å². The molecular weight excluding hydrogens is 292 g/mol. The van der Waals surface area contributed by atoms with Crippen molar-refractivity contribution in [2.24, 2.45) is 0 Å². The van der Waals surface area contributed by atoms with E-state index >= 15 is 0 Å². The Bertz CT molecular complexity index is 440. The van der Waals surface area contributed by atoms with Crippen LogP contribution in [0.1, 0.15) is 19.8 Å². The molecule has 0 aromatic heterocycles. The number of methoxy groups -OCH3 is 1. The number of nitrogens with zero attached hydrogens (tertiary/aromatic N) is 1. The molecule has 1 rings (SSSR count). The van der Waals surface area contributed by atoms with Crippen molar-refractivity contribution < 1.29 is 23.9 Å². The lowest BCUT2D eigenvalue weighted by molar-refractivity contribution is -0.146. The third-order valence-corrected chi connectivity index (χ3v) is 3.16. The Kier molecular flexibility index (Phi) is 7.30. The van der Waals surface area contributed by atoms with Crippen molar-refractivity contribution in [3.8, 4) is 0 Å². The second-order valence-corrected chi connectivity index (χ2v) is 4.86. The van der Waals surface area contributed by atoms with Gasteiger partial charge in [-0.1, -0.05) is 6.92 Å². The molecule has 9 nitrogen and oxygen atoms in total. The number of hydrogen-bond acceptors (Lipinski definition) is 6. The lowest BCUT2D eigenvalue weighted by Crippen LogP contribution is -2.58. The molecule has 1 atom stereocenters. The summed E-state index contributed by atoms with van der Waals surface area (Å²) in [4.78, 5) is 48.0. The zero-order chi connectivity index (χ0) is 16.5. The molecule has 1 aliphatic rings. The Hall–Kier alpha value is -2.16. The minimum absolute atomic E-state index is 0.141. The summed E-state index contributed by atoms with van der Waals surface area (Å²) in [6.07, 6.45) is 0.618. The summed E-state index contributed by atoms with van der Waals surface area (Å²) in [6.45, 7) is 3.01. The molecule has 0 aromatic carbocycles. The van der Waals surface area contributed by atoms with Crippen LogP contribution in [0.25, 0.3) is 0 Å². The molecular formula is C13H22N4O5. The number of carbonyl (C=O) groups is 4. The van der Waals surface area contributed by atoms with Crippen LogP contribution in [0.15, 0.2) is 0 Å². The number of nitrogens with one attached hydrogen (secondary N) is 3. The normalized spacial score (nSPS) is 18.3. The molecule has 4 amide bonds. The monoisotopic (exact) mass is 314 g/mol. The highest BCUT2D eigenvalue weighted by molar-refractivity contribution is 5.96. The first-order valence-corrected chi connectivity index (χ1v) is 7.14. The van der Waals surface area contributed by atoms with Gasteiger partial charge in [0.2, 0.25) is 11.8 Å². The van der Waals surface area contributed by atoms with E-state index in [1.165, 1.54) is 7.11 Å². The second kappa shape index (κ2) is 8.98. The van der Waals surface area contributed by atoms with Crippen molar-refractivity contribution in [2.75, 3.05) is 33.3 Å². The van der Waals surface area contributed by atoms with E-state index in [4.69, 9.17) is 0 Å². The zero-order valence-electron chi connectivity index (χ0n) is 12.8. The molecule has 22 heavy (non-hydrogen) atoms. The Balaban J connectivity index is 2.55. The van der Waals surface area contributed by atoms with E-state index in [1.54, 1.807) is 4.90 Å². The average Bonchev–Trinajstić information content (AvgIpc) is 2.48. The molecule has 1 saturated heterocycles. The van der Waals surface area contributed by atoms with Crippen molar-refractivity contribution in [1.29, 1.82) is 0 Å². The van der Waals surface area contributed by atoms with Crippen LogP contribution in [0.2, 0.25) is 0 Å². The van der Waals surface area contributed by atoms with Gasteiger partial charge in [-0.05, 0) is 6.42 Å². The number of piperazine rings is 1. The molecule has 0 aromatic rings. The topological polar surface area (TPSA) is 117 Å². The van der Waals surface area contributed by atoms with Gasteiger partial charge in [-0.15, -0.1) is 0 Å². The molecule has 1 fully saturated rings. The van der Waals surface area contributed by atoms with E-state index in [0.717, 1.165) is 6.42 Å². The van der Waals surface area contributed by atoms with Crippen LogP contribution in [0.3, 0.4) is 0 Å².